The molecular weight excluding hydrogens is 260 g/mol. The van der Waals surface area contributed by atoms with E-state index < -0.39 is 0 Å². The monoisotopic (exact) mass is 274 g/mol. The molecule has 1 aromatic heterocycles. The van der Waals surface area contributed by atoms with Crippen LogP contribution in [-0.2, 0) is 0 Å². The molecule has 1 aromatic carbocycles. The normalized spacial score (nSPS) is 9.90. The summed E-state index contributed by atoms with van der Waals surface area (Å²) in [7, 11) is 3.04. The largest absolute Gasteiger partial charge is 0.493 e. The molecule has 0 aliphatic carbocycles. The summed E-state index contributed by atoms with van der Waals surface area (Å²) in [6.07, 6.45) is 1.43. The number of para-hydroxylation sites is 1. The highest BCUT2D eigenvalue weighted by molar-refractivity contribution is 5.97. The van der Waals surface area contributed by atoms with Gasteiger partial charge in [0.05, 0.1) is 26.0 Å². The smallest absolute Gasteiger partial charge is 0.250 e. The second kappa shape index (κ2) is 5.87. The van der Waals surface area contributed by atoms with Crippen molar-refractivity contribution < 1.29 is 14.2 Å². The van der Waals surface area contributed by atoms with Crippen molar-refractivity contribution in [3.63, 3.8) is 0 Å². The van der Waals surface area contributed by atoms with Crippen LogP contribution in [0, 0.1) is 5.41 Å². The highest BCUT2D eigenvalue weighted by atomic mass is 16.5. The zero-order valence-electron chi connectivity index (χ0n) is 11.1. The van der Waals surface area contributed by atoms with Crippen molar-refractivity contribution in [2.24, 2.45) is 5.73 Å². The van der Waals surface area contributed by atoms with E-state index in [0.29, 0.717) is 22.8 Å². The Hall–Kier alpha value is -2.83. The van der Waals surface area contributed by atoms with Crippen LogP contribution in [0.5, 0.6) is 23.1 Å². The molecule has 20 heavy (non-hydrogen) atoms. The highest BCUT2D eigenvalue weighted by Crippen LogP contribution is 2.39. The van der Waals surface area contributed by atoms with Crippen molar-refractivity contribution in [1.82, 2.24) is 10.2 Å². The topological polar surface area (TPSA) is 103 Å². The van der Waals surface area contributed by atoms with Crippen molar-refractivity contribution in [1.29, 1.82) is 5.41 Å². The van der Waals surface area contributed by atoms with E-state index in [1.807, 2.05) is 0 Å². The van der Waals surface area contributed by atoms with Crippen molar-refractivity contribution >= 4 is 5.84 Å². The molecule has 0 aliphatic heterocycles. The number of benzene rings is 1. The van der Waals surface area contributed by atoms with Crippen molar-refractivity contribution in [3.05, 3.63) is 36.0 Å². The molecule has 1 heterocycles. The van der Waals surface area contributed by atoms with Gasteiger partial charge in [0, 0.05) is 0 Å². The van der Waals surface area contributed by atoms with Crippen LogP contribution in [0.15, 0.2) is 30.5 Å². The second-order valence-corrected chi connectivity index (χ2v) is 3.76. The van der Waals surface area contributed by atoms with E-state index in [4.69, 9.17) is 25.4 Å². The van der Waals surface area contributed by atoms with Gasteiger partial charge in [-0.1, -0.05) is 6.07 Å². The molecule has 0 radical (unpaired) electrons. The average Bonchev–Trinajstić information content (AvgIpc) is 2.47. The quantitative estimate of drug-likeness (QED) is 0.633. The predicted molar refractivity (Wildman–Crippen MR) is 72.7 cm³/mol. The third-order valence-electron chi connectivity index (χ3n) is 2.56. The third kappa shape index (κ3) is 2.61. The Morgan fingerprint density at radius 3 is 2.35 bits per heavy atom. The van der Waals surface area contributed by atoms with Gasteiger partial charge in [0.1, 0.15) is 5.84 Å². The number of methoxy groups -OCH3 is 2. The number of nitrogens with one attached hydrogen (secondary N) is 1. The number of nitrogens with two attached hydrogens (primary N) is 1. The molecule has 2 aromatic rings. The van der Waals surface area contributed by atoms with Gasteiger partial charge < -0.3 is 19.9 Å². The minimum Gasteiger partial charge on any atom is -0.493 e. The molecule has 0 unspecified atom stereocenters. The molecule has 2 rings (SSSR count). The van der Waals surface area contributed by atoms with E-state index >= 15 is 0 Å². The van der Waals surface area contributed by atoms with Crippen LogP contribution < -0.4 is 19.9 Å². The van der Waals surface area contributed by atoms with Gasteiger partial charge in [0.2, 0.25) is 11.6 Å². The van der Waals surface area contributed by atoms with E-state index in [1.165, 1.54) is 20.4 Å². The van der Waals surface area contributed by atoms with Crippen LogP contribution in [0.4, 0.5) is 0 Å². The second-order valence-electron chi connectivity index (χ2n) is 3.76. The summed E-state index contributed by atoms with van der Waals surface area (Å²) < 4.78 is 16.1. The summed E-state index contributed by atoms with van der Waals surface area (Å²) in [5.41, 5.74) is 5.82. The summed E-state index contributed by atoms with van der Waals surface area (Å²) in [6.45, 7) is 0. The van der Waals surface area contributed by atoms with Crippen LogP contribution in [0.2, 0.25) is 0 Å². The number of nitrogen functional groups attached to an aromatic ring is 1. The molecule has 0 aliphatic rings. The number of ether oxygens (including phenoxy) is 3. The lowest BCUT2D eigenvalue weighted by Gasteiger charge is -2.14. The Kier molecular flexibility index (Phi) is 3.99. The number of aromatic nitrogens is 2. The van der Waals surface area contributed by atoms with Gasteiger partial charge in [-0.25, -0.2) is 0 Å². The lowest BCUT2D eigenvalue weighted by Crippen LogP contribution is -2.13. The van der Waals surface area contributed by atoms with Gasteiger partial charge in [0.25, 0.3) is 0 Å². The Morgan fingerprint density at radius 2 is 1.80 bits per heavy atom. The fourth-order valence-electron chi connectivity index (χ4n) is 1.61. The van der Waals surface area contributed by atoms with Crippen LogP contribution in [-0.4, -0.2) is 30.3 Å². The molecule has 7 heteroatoms. The maximum Gasteiger partial charge on any atom is 0.250 e. The molecule has 0 saturated carbocycles. The Morgan fingerprint density at radius 1 is 1.15 bits per heavy atom. The Labute approximate surface area is 115 Å². The molecule has 7 nitrogen and oxygen atoms in total. The molecule has 0 amide bonds. The highest BCUT2D eigenvalue weighted by Gasteiger charge is 2.16. The maximum atomic E-state index is 7.51. The van der Waals surface area contributed by atoms with Gasteiger partial charge in [-0.05, 0) is 18.2 Å². The van der Waals surface area contributed by atoms with Gasteiger partial charge in [0.15, 0.2) is 11.5 Å². The van der Waals surface area contributed by atoms with E-state index in [9.17, 15) is 0 Å². The summed E-state index contributed by atoms with van der Waals surface area (Å²) in [5, 5.41) is 15.1. The van der Waals surface area contributed by atoms with Crippen LogP contribution in [0.1, 0.15) is 5.56 Å². The van der Waals surface area contributed by atoms with Gasteiger partial charge >= 0.3 is 0 Å². The van der Waals surface area contributed by atoms with Crippen molar-refractivity contribution in [2.75, 3.05) is 14.2 Å². The van der Waals surface area contributed by atoms with Gasteiger partial charge in [-0.15, -0.1) is 5.10 Å². The number of nitrogens with zero attached hydrogens (tertiary/aromatic N) is 2. The minimum absolute atomic E-state index is 0.114. The van der Waals surface area contributed by atoms with Crippen LogP contribution >= 0.6 is 0 Å². The van der Waals surface area contributed by atoms with Crippen molar-refractivity contribution in [3.8, 4) is 23.1 Å². The first-order valence-corrected chi connectivity index (χ1v) is 5.72. The Bertz CT molecular complexity index is 609. The zero-order valence-corrected chi connectivity index (χ0v) is 11.1. The predicted octanol–water partition coefficient (Wildman–Crippen LogP) is 1.57. The summed E-state index contributed by atoms with van der Waals surface area (Å²) in [5.74, 6) is 1.25. The van der Waals surface area contributed by atoms with Crippen molar-refractivity contribution in [2.45, 2.75) is 0 Å². The van der Waals surface area contributed by atoms with E-state index in [0.717, 1.165) is 0 Å². The molecule has 0 spiro atoms. The van der Waals surface area contributed by atoms with Crippen LogP contribution in [0.25, 0.3) is 0 Å². The summed E-state index contributed by atoms with van der Waals surface area (Å²) in [4.78, 5) is 0. The van der Waals surface area contributed by atoms with E-state index in [2.05, 4.69) is 10.2 Å². The number of hydrogen-bond donors (Lipinski definition) is 2. The number of rotatable bonds is 5. The third-order valence-corrected chi connectivity index (χ3v) is 2.56. The van der Waals surface area contributed by atoms with Crippen LogP contribution in [0.3, 0.4) is 0 Å². The lowest BCUT2D eigenvalue weighted by atomic mass is 10.2. The van der Waals surface area contributed by atoms with Gasteiger partial charge in [-0.3, -0.25) is 5.41 Å². The summed E-state index contributed by atoms with van der Waals surface area (Å²) in [6, 6.07) is 6.77. The Balaban J connectivity index is 2.47. The molecule has 0 saturated heterocycles. The summed E-state index contributed by atoms with van der Waals surface area (Å²) >= 11 is 0. The maximum absolute atomic E-state index is 7.51. The first-order valence-electron chi connectivity index (χ1n) is 5.72. The SMILES string of the molecule is COc1cccc(OC)c1Oc1nnccc1C(=N)N. The lowest BCUT2D eigenvalue weighted by molar-refractivity contribution is 0.340. The fourth-order valence-corrected chi connectivity index (χ4v) is 1.61. The molecule has 104 valence electrons. The first-order chi connectivity index (χ1) is 9.67. The van der Waals surface area contributed by atoms with E-state index in [-0.39, 0.29) is 11.7 Å². The van der Waals surface area contributed by atoms with Gasteiger partial charge in [-0.2, -0.15) is 5.10 Å². The standard InChI is InChI=1S/C13H14N4O3/c1-18-9-4-3-5-10(19-2)11(9)20-13-8(12(14)15)6-7-16-17-13/h3-7H,1-2H3,(H3,14,15). The molecule has 3 N–H and O–H groups in total. The molecule has 0 bridgehead atoms. The number of amidine groups is 1. The fraction of sp³-hybridized carbons (Fsp3) is 0.154. The average molecular weight is 274 g/mol. The molecular formula is C13H14N4O3. The first kappa shape index (κ1) is 13.6. The van der Waals surface area contributed by atoms with E-state index in [1.54, 1.807) is 24.3 Å². The molecule has 0 atom stereocenters. The number of hydrogen-bond acceptors (Lipinski definition) is 6. The molecule has 0 fully saturated rings. The minimum atomic E-state index is -0.163. The zero-order chi connectivity index (χ0) is 14.5.